The van der Waals surface area contributed by atoms with Crippen LogP contribution < -0.4 is 5.32 Å². The van der Waals surface area contributed by atoms with Gasteiger partial charge in [-0.3, -0.25) is 9.59 Å². The molecule has 0 heterocycles. The highest BCUT2D eigenvalue weighted by Gasteiger charge is 2.42. The van der Waals surface area contributed by atoms with Crippen molar-refractivity contribution in [1.82, 2.24) is 0 Å². The SMILES string of the molecule is CCOC(=O)Cc1cc(F)cc(CC(=O)Nc2c(F)c(F)c(C(F)(F)F)c(F)c2F)c1. The molecule has 0 radical (unpaired) electrons. The van der Waals surface area contributed by atoms with Crippen LogP contribution in [0.5, 0.6) is 0 Å². The van der Waals surface area contributed by atoms with Crippen LogP contribution in [0.25, 0.3) is 0 Å². The molecule has 12 heteroatoms. The first-order valence-corrected chi connectivity index (χ1v) is 8.52. The average Bonchev–Trinajstić information content (AvgIpc) is 2.62. The fourth-order valence-corrected chi connectivity index (χ4v) is 2.66. The third kappa shape index (κ3) is 5.70. The zero-order valence-electron chi connectivity index (χ0n) is 15.6. The molecule has 0 saturated carbocycles. The van der Waals surface area contributed by atoms with E-state index >= 15 is 0 Å². The molecule has 4 nitrogen and oxygen atoms in total. The highest BCUT2D eigenvalue weighted by atomic mass is 19.4. The number of benzene rings is 2. The van der Waals surface area contributed by atoms with Crippen molar-refractivity contribution in [2.45, 2.75) is 25.9 Å². The number of hydrogen-bond acceptors (Lipinski definition) is 3. The number of amides is 1. The molecule has 1 amide bonds. The van der Waals surface area contributed by atoms with Crippen LogP contribution in [0.2, 0.25) is 0 Å². The maximum atomic E-state index is 13.9. The fourth-order valence-electron chi connectivity index (χ4n) is 2.66. The Morgan fingerprint density at radius 1 is 0.871 bits per heavy atom. The van der Waals surface area contributed by atoms with Crippen LogP contribution in [0.4, 0.5) is 40.8 Å². The van der Waals surface area contributed by atoms with E-state index in [0.29, 0.717) is 0 Å². The molecule has 0 saturated heterocycles. The van der Waals surface area contributed by atoms with Gasteiger partial charge in [0.05, 0.1) is 19.4 Å². The van der Waals surface area contributed by atoms with Crippen LogP contribution in [-0.4, -0.2) is 18.5 Å². The van der Waals surface area contributed by atoms with Gasteiger partial charge in [0, 0.05) is 0 Å². The van der Waals surface area contributed by atoms with Crippen LogP contribution in [0.1, 0.15) is 23.6 Å². The summed E-state index contributed by atoms with van der Waals surface area (Å²) in [5, 5.41) is 1.44. The number of ether oxygens (including phenoxy) is 1. The van der Waals surface area contributed by atoms with Crippen molar-refractivity contribution in [3.05, 3.63) is 64.0 Å². The molecule has 0 fully saturated rings. The van der Waals surface area contributed by atoms with Crippen molar-refractivity contribution >= 4 is 17.6 Å². The standard InChI is InChI=1S/C19H13F8NO3/c1-2-31-12(30)7-9-3-8(4-10(20)5-9)6-11(29)28-18-16(23)14(21)13(19(25,26)27)15(22)17(18)24/h3-5H,2,6-7H2,1H3,(H,28,29). The molecule has 2 aromatic rings. The summed E-state index contributed by atoms with van der Waals surface area (Å²) in [6.07, 6.45) is -6.86. The van der Waals surface area contributed by atoms with Gasteiger partial charge in [0.1, 0.15) is 17.1 Å². The van der Waals surface area contributed by atoms with Crippen LogP contribution >= 0.6 is 0 Å². The number of esters is 1. The second kappa shape index (κ2) is 9.31. The summed E-state index contributed by atoms with van der Waals surface area (Å²) < 4.78 is 111. The van der Waals surface area contributed by atoms with E-state index in [9.17, 15) is 44.7 Å². The van der Waals surface area contributed by atoms with Crippen LogP contribution in [-0.2, 0) is 33.3 Å². The number of hydrogen-bond donors (Lipinski definition) is 1. The lowest BCUT2D eigenvalue weighted by Gasteiger charge is -2.14. The van der Waals surface area contributed by atoms with Gasteiger partial charge in [0.2, 0.25) is 5.91 Å². The Morgan fingerprint density at radius 2 is 1.39 bits per heavy atom. The molecule has 0 aliphatic heterocycles. The van der Waals surface area contributed by atoms with Gasteiger partial charge in [0.25, 0.3) is 0 Å². The zero-order chi connectivity index (χ0) is 23.5. The summed E-state index contributed by atoms with van der Waals surface area (Å²) in [6.45, 7) is 1.62. The Kier molecular flexibility index (Phi) is 7.24. The topological polar surface area (TPSA) is 55.4 Å². The van der Waals surface area contributed by atoms with Crippen molar-refractivity contribution in [2.24, 2.45) is 0 Å². The predicted molar refractivity (Wildman–Crippen MR) is 90.3 cm³/mol. The van der Waals surface area contributed by atoms with Gasteiger partial charge < -0.3 is 10.1 Å². The zero-order valence-corrected chi connectivity index (χ0v) is 15.6. The quantitative estimate of drug-likeness (QED) is 0.391. The number of carbonyl (C=O) groups is 2. The molecule has 0 bridgehead atoms. The van der Waals surface area contributed by atoms with E-state index in [1.807, 2.05) is 0 Å². The molecular weight excluding hydrogens is 442 g/mol. The minimum absolute atomic E-state index is 0.0702. The molecule has 0 spiro atoms. The lowest BCUT2D eigenvalue weighted by atomic mass is 10.0. The Bertz CT molecular complexity index is 991. The lowest BCUT2D eigenvalue weighted by molar-refractivity contribution is -0.143. The number of nitrogens with one attached hydrogen (secondary N) is 1. The van der Waals surface area contributed by atoms with Crippen molar-refractivity contribution in [1.29, 1.82) is 0 Å². The molecule has 2 aromatic carbocycles. The summed E-state index contributed by atoms with van der Waals surface area (Å²) in [7, 11) is 0. The molecule has 31 heavy (non-hydrogen) atoms. The molecule has 0 aromatic heterocycles. The molecule has 0 atom stereocenters. The van der Waals surface area contributed by atoms with Gasteiger partial charge >= 0.3 is 12.1 Å². The normalized spacial score (nSPS) is 11.4. The first-order valence-electron chi connectivity index (χ1n) is 8.52. The van der Waals surface area contributed by atoms with Crippen LogP contribution in [0.15, 0.2) is 18.2 Å². The van der Waals surface area contributed by atoms with Crippen molar-refractivity contribution < 1.29 is 49.4 Å². The third-order valence-electron chi connectivity index (χ3n) is 3.85. The van der Waals surface area contributed by atoms with Crippen LogP contribution in [0, 0.1) is 29.1 Å². The number of anilines is 1. The first-order chi connectivity index (χ1) is 14.3. The van der Waals surface area contributed by atoms with E-state index in [4.69, 9.17) is 4.74 Å². The lowest BCUT2D eigenvalue weighted by Crippen LogP contribution is -2.21. The Hall–Kier alpha value is -3.18. The molecule has 0 aliphatic rings. The Morgan fingerprint density at radius 3 is 1.87 bits per heavy atom. The number of carbonyl (C=O) groups excluding carboxylic acids is 2. The maximum absolute atomic E-state index is 13.9. The minimum atomic E-state index is -5.73. The number of halogens is 8. The van der Waals surface area contributed by atoms with Crippen molar-refractivity contribution in [3.8, 4) is 0 Å². The van der Waals surface area contributed by atoms with E-state index in [1.54, 1.807) is 6.92 Å². The van der Waals surface area contributed by atoms with E-state index in [1.165, 1.54) is 11.4 Å². The van der Waals surface area contributed by atoms with Crippen molar-refractivity contribution in [3.63, 3.8) is 0 Å². The van der Waals surface area contributed by atoms with Crippen LogP contribution in [0.3, 0.4) is 0 Å². The smallest absolute Gasteiger partial charge is 0.422 e. The molecule has 1 N–H and O–H groups in total. The molecule has 0 aliphatic carbocycles. The van der Waals surface area contributed by atoms with E-state index in [0.717, 1.165) is 12.1 Å². The highest BCUT2D eigenvalue weighted by Crippen LogP contribution is 2.38. The second-order valence-corrected chi connectivity index (χ2v) is 6.18. The van der Waals surface area contributed by atoms with E-state index in [-0.39, 0.29) is 24.2 Å². The Balaban J connectivity index is 2.28. The minimum Gasteiger partial charge on any atom is -0.466 e. The largest absolute Gasteiger partial charge is 0.466 e. The van der Waals surface area contributed by atoms with Gasteiger partial charge in [-0.05, 0) is 30.2 Å². The summed E-state index contributed by atoms with van der Waals surface area (Å²) in [5.74, 6) is -13.3. The number of rotatable bonds is 6. The molecular formula is C19H13F8NO3. The van der Waals surface area contributed by atoms with E-state index in [2.05, 4.69) is 0 Å². The van der Waals surface area contributed by atoms with Gasteiger partial charge in [-0.1, -0.05) is 6.07 Å². The van der Waals surface area contributed by atoms with E-state index < -0.39 is 64.8 Å². The monoisotopic (exact) mass is 455 g/mol. The first kappa shape index (κ1) is 24.1. The average molecular weight is 455 g/mol. The Labute approximate surface area is 169 Å². The van der Waals surface area contributed by atoms with Gasteiger partial charge in [-0.15, -0.1) is 0 Å². The van der Waals surface area contributed by atoms with Gasteiger partial charge in [-0.2, -0.15) is 13.2 Å². The summed E-state index contributed by atoms with van der Waals surface area (Å²) >= 11 is 0. The third-order valence-corrected chi connectivity index (χ3v) is 3.85. The van der Waals surface area contributed by atoms with Gasteiger partial charge in [-0.25, -0.2) is 22.0 Å². The maximum Gasteiger partial charge on any atom is 0.422 e. The summed E-state index contributed by atoms with van der Waals surface area (Å²) in [6, 6.07) is 3.01. The number of alkyl halides is 3. The molecule has 2 rings (SSSR count). The fraction of sp³-hybridized carbons (Fsp3) is 0.263. The second-order valence-electron chi connectivity index (χ2n) is 6.18. The van der Waals surface area contributed by atoms with Gasteiger partial charge in [0.15, 0.2) is 23.3 Å². The molecule has 0 unspecified atom stereocenters. The summed E-state index contributed by atoms with van der Waals surface area (Å²) in [4.78, 5) is 23.5. The molecule has 168 valence electrons. The highest BCUT2D eigenvalue weighted by molar-refractivity contribution is 5.92. The van der Waals surface area contributed by atoms with Crippen molar-refractivity contribution in [2.75, 3.05) is 11.9 Å². The summed E-state index contributed by atoms with van der Waals surface area (Å²) in [5.41, 5.74) is -4.54. The predicted octanol–water partition coefficient (Wildman–Crippen LogP) is 4.69.